The molecule has 0 aliphatic carbocycles. The van der Waals surface area contributed by atoms with Crippen molar-refractivity contribution in [2.45, 2.75) is 44.6 Å². The number of ether oxygens (including phenoxy) is 1. The van der Waals surface area contributed by atoms with Gasteiger partial charge in [0.05, 0.1) is 23.5 Å². The molecule has 0 unspecified atom stereocenters. The van der Waals surface area contributed by atoms with Crippen LogP contribution in [0.5, 0.6) is 0 Å². The van der Waals surface area contributed by atoms with E-state index in [2.05, 4.69) is 15.5 Å². The Bertz CT molecular complexity index is 1510. The van der Waals surface area contributed by atoms with Gasteiger partial charge in [0.1, 0.15) is 18.3 Å². The van der Waals surface area contributed by atoms with E-state index in [4.69, 9.17) is 20.6 Å². The fourth-order valence-corrected chi connectivity index (χ4v) is 4.73. The fraction of sp³-hybridized carbons (Fsp3) is 0.333. The SMILES string of the molecule is CC(C)(ON=C(C(=O)N[C@H]1C(=O)N(S(=O)(=O)O)[C@H]1CC#N)c1csc(N)n1)C(=O)OCc1ccc([N+](=O)[O-])cc1. The highest BCUT2D eigenvalue weighted by molar-refractivity contribution is 7.84. The minimum absolute atomic E-state index is 0.0388. The van der Waals surface area contributed by atoms with Crippen molar-refractivity contribution < 1.29 is 41.9 Å². The molecule has 1 saturated heterocycles. The molecule has 1 aliphatic rings. The number of nitriles is 1. The molecule has 1 fully saturated rings. The van der Waals surface area contributed by atoms with E-state index in [1.54, 1.807) is 6.07 Å². The van der Waals surface area contributed by atoms with E-state index in [1.165, 1.54) is 43.5 Å². The first-order valence-electron chi connectivity index (χ1n) is 11.0. The molecule has 0 saturated carbocycles. The second-order valence-corrected chi connectivity index (χ2v) is 10.8. The molecule has 0 spiro atoms. The molecule has 1 aromatic carbocycles. The first-order chi connectivity index (χ1) is 18.7. The second-order valence-electron chi connectivity index (χ2n) is 8.60. The number of carbonyl (C=O) groups is 3. The molecule has 2 amide bonds. The van der Waals surface area contributed by atoms with Gasteiger partial charge in [0.2, 0.25) is 5.60 Å². The van der Waals surface area contributed by atoms with Crippen molar-refractivity contribution in [3.05, 3.63) is 51.0 Å². The van der Waals surface area contributed by atoms with Gasteiger partial charge < -0.3 is 20.6 Å². The number of hydrogen-bond acceptors (Lipinski definition) is 14. The van der Waals surface area contributed by atoms with Gasteiger partial charge in [-0.05, 0) is 31.5 Å². The Morgan fingerprint density at radius 1 is 1.38 bits per heavy atom. The zero-order valence-electron chi connectivity index (χ0n) is 20.7. The van der Waals surface area contributed by atoms with E-state index in [1.807, 2.05) is 0 Å². The first-order valence-corrected chi connectivity index (χ1v) is 13.3. The van der Waals surface area contributed by atoms with Crippen molar-refractivity contribution >= 4 is 56.0 Å². The maximum absolute atomic E-state index is 13.1. The lowest BCUT2D eigenvalue weighted by atomic mass is 9.96. The van der Waals surface area contributed by atoms with Crippen molar-refractivity contribution in [3.8, 4) is 6.07 Å². The number of non-ortho nitro benzene ring substituents is 1. The van der Waals surface area contributed by atoms with E-state index in [0.717, 1.165) is 11.3 Å². The summed E-state index contributed by atoms with van der Waals surface area (Å²) in [6, 6.07) is 4.05. The Labute approximate surface area is 230 Å². The number of carbonyl (C=O) groups excluding carboxylic acids is 3. The summed E-state index contributed by atoms with van der Waals surface area (Å²) < 4.78 is 37.4. The Morgan fingerprint density at radius 2 is 2.02 bits per heavy atom. The standard InChI is InChI=1S/C21H21N7O10S2/c1-21(2,19(31)37-9-11-3-5-12(6-4-11)28(32)33)38-26-15(13-10-39-20(23)24-13)17(29)25-16-14(7-8-22)27(18(16)30)40(34,35)36/h3-6,10,14,16H,7,9H2,1-2H3,(H2,23,24)(H,25,29)(H,34,35,36)/t14-,16+/m0/s1. The molecular weight excluding hydrogens is 574 g/mol. The van der Waals surface area contributed by atoms with Crippen LogP contribution >= 0.6 is 11.3 Å². The molecule has 2 atom stereocenters. The smallest absolute Gasteiger partial charge is 0.362 e. The number of amides is 2. The Balaban J connectivity index is 1.76. The molecule has 0 bridgehead atoms. The van der Waals surface area contributed by atoms with Gasteiger partial charge in [-0.3, -0.25) is 24.3 Å². The molecule has 2 aromatic rings. The number of esters is 1. The van der Waals surface area contributed by atoms with Gasteiger partial charge in [-0.2, -0.15) is 13.7 Å². The molecule has 1 aromatic heterocycles. The van der Waals surface area contributed by atoms with Crippen LogP contribution in [0.2, 0.25) is 0 Å². The second kappa shape index (κ2) is 11.6. The number of rotatable bonds is 11. The number of anilines is 1. The number of aromatic nitrogens is 1. The van der Waals surface area contributed by atoms with Gasteiger partial charge in [-0.1, -0.05) is 5.16 Å². The highest BCUT2D eigenvalue weighted by atomic mass is 32.2. The summed E-state index contributed by atoms with van der Waals surface area (Å²) in [5.74, 6) is -3.19. The third-order valence-electron chi connectivity index (χ3n) is 5.36. The zero-order valence-corrected chi connectivity index (χ0v) is 22.3. The Hall–Kier alpha value is -4.67. The third-order valence-corrected chi connectivity index (χ3v) is 6.98. The van der Waals surface area contributed by atoms with E-state index >= 15 is 0 Å². The molecule has 17 nitrogen and oxygen atoms in total. The number of nitrogens with two attached hydrogens (primary N) is 1. The summed E-state index contributed by atoms with van der Waals surface area (Å²) in [4.78, 5) is 57.4. The summed E-state index contributed by atoms with van der Waals surface area (Å²) in [5, 5.41) is 27.1. The largest absolute Gasteiger partial charge is 0.458 e. The van der Waals surface area contributed by atoms with Gasteiger partial charge in [0.25, 0.3) is 17.5 Å². The molecule has 4 N–H and O–H groups in total. The quantitative estimate of drug-likeness (QED) is 0.0789. The molecule has 0 radical (unpaired) electrons. The third kappa shape index (κ3) is 6.66. The lowest BCUT2D eigenvalue weighted by Crippen LogP contribution is -2.72. The number of nitro groups is 1. The molecular formula is C21H21N7O10S2. The number of nitrogen functional groups attached to an aromatic ring is 1. The van der Waals surface area contributed by atoms with Gasteiger partial charge in [0.15, 0.2) is 10.8 Å². The number of oxime groups is 1. The van der Waals surface area contributed by atoms with Crippen molar-refractivity contribution in [3.63, 3.8) is 0 Å². The summed E-state index contributed by atoms with van der Waals surface area (Å²) in [6.07, 6.45) is -0.531. The monoisotopic (exact) mass is 595 g/mol. The average Bonchev–Trinajstić information content (AvgIpc) is 3.30. The van der Waals surface area contributed by atoms with Crippen molar-refractivity contribution in [1.82, 2.24) is 14.6 Å². The minimum Gasteiger partial charge on any atom is -0.458 e. The number of benzene rings is 1. The average molecular weight is 596 g/mol. The lowest BCUT2D eigenvalue weighted by molar-refractivity contribution is -0.384. The van der Waals surface area contributed by atoms with E-state index < -0.39 is 62.8 Å². The summed E-state index contributed by atoms with van der Waals surface area (Å²) in [7, 11) is -4.98. The highest BCUT2D eigenvalue weighted by Gasteiger charge is 2.54. The predicted octanol–water partition coefficient (Wildman–Crippen LogP) is 0.288. The van der Waals surface area contributed by atoms with Crippen LogP contribution in [0.4, 0.5) is 10.8 Å². The topological polar surface area (TPSA) is 258 Å². The maximum Gasteiger partial charge on any atom is 0.362 e. The molecule has 40 heavy (non-hydrogen) atoms. The van der Waals surface area contributed by atoms with E-state index in [-0.39, 0.29) is 27.4 Å². The Kier molecular flexibility index (Phi) is 8.67. The van der Waals surface area contributed by atoms with Crippen molar-refractivity contribution in [1.29, 1.82) is 5.26 Å². The van der Waals surface area contributed by atoms with Crippen molar-refractivity contribution in [2.24, 2.45) is 5.16 Å². The molecule has 212 valence electrons. The summed E-state index contributed by atoms with van der Waals surface area (Å²) >= 11 is 0.936. The maximum atomic E-state index is 13.1. The van der Waals surface area contributed by atoms with Crippen LogP contribution in [0.15, 0.2) is 34.8 Å². The molecule has 3 rings (SSSR count). The van der Waals surface area contributed by atoms with Gasteiger partial charge in [-0.15, -0.1) is 11.3 Å². The fourth-order valence-electron chi connectivity index (χ4n) is 3.30. The Morgan fingerprint density at radius 3 is 2.55 bits per heavy atom. The van der Waals surface area contributed by atoms with E-state index in [0.29, 0.717) is 5.56 Å². The van der Waals surface area contributed by atoms with Gasteiger partial charge >= 0.3 is 16.3 Å². The van der Waals surface area contributed by atoms with Crippen LogP contribution in [0.3, 0.4) is 0 Å². The summed E-state index contributed by atoms with van der Waals surface area (Å²) in [6.45, 7) is 2.31. The number of thiazole rings is 1. The number of β-lactam (4-membered cyclic amide) rings is 1. The predicted molar refractivity (Wildman–Crippen MR) is 135 cm³/mol. The first kappa shape index (κ1) is 29.9. The van der Waals surface area contributed by atoms with Crippen LogP contribution in [0.1, 0.15) is 31.5 Å². The zero-order chi connectivity index (χ0) is 29.8. The lowest BCUT2D eigenvalue weighted by Gasteiger charge is -2.43. The highest BCUT2D eigenvalue weighted by Crippen LogP contribution is 2.26. The van der Waals surface area contributed by atoms with E-state index in [9.17, 15) is 37.5 Å². The van der Waals surface area contributed by atoms with Gasteiger partial charge in [-0.25, -0.2) is 14.1 Å². The van der Waals surface area contributed by atoms with Crippen molar-refractivity contribution in [2.75, 3.05) is 5.73 Å². The van der Waals surface area contributed by atoms with Crippen LogP contribution in [0.25, 0.3) is 0 Å². The number of hydrogen-bond donors (Lipinski definition) is 3. The molecule has 1 aliphatic heterocycles. The van der Waals surface area contributed by atoms with Crippen LogP contribution in [-0.2, 0) is 40.9 Å². The summed E-state index contributed by atoms with van der Waals surface area (Å²) in [5.41, 5.74) is 3.52. The number of nitrogens with zero attached hydrogens (tertiary/aromatic N) is 5. The number of nitrogens with one attached hydrogen (secondary N) is 1. The van der Waals surface area contributed by atoms with Gasteiger partial charge in [0, 0.05) is 17.5 Å². The molecule has 19 heteroatoms. The minimum atomic E-state index is -4.98. The van der Waals surface area contributed by atoms with Crippen LogP contribution in [0, 0.1) is 21.4 Å². The van der Waals surface area contributed by atoms with Crippen LogP contribution < -0.4 is 11.1 Å². The molecule has 2 heterocycles. The van der Waals surface area contributed by atoms with Crippen LogP contribution in [-0.4, -0.2) is 68.4 Å². The number of nitro benzene ring substituents is 1. The normalized spacial score (nSPS) is 17.4.